The monoisotopic (exact) mass is 650 g/mol. The molecule has 0 spiro atoms. The fourth-order valence-electron chi connectivity index (χ4n) is 6.78. The number of fused-ring (bicyclic) bond motifs is 4. The molecule has 0 nitrogen and oxygen atoms in total. The second-order valence-electron chi connectivity index (χ2n) is 10.5. The van der Waals surface area contributed by atoms with Gasteiger partial charge in [0.05, 0.1) is 0 Å². The molecule has 7 rings (SSSR count). The topological polar surface area (TPSA) is 0 Å². The van der Waals surface area contributed by atoms with Crippen molar-refractivity contribution in [1.82, 2.24) is 0 Å². The molecular weight excluding hydrogens is 623 g/mol. The van der Waals surface area contributed by atoms with E-state index < -0.39 is 25.8 Å². The smallest absolute Gasteiger partial charge is 1.00 e. The van der Waals surface area contributed by atoms with Gasteiger partial charge < -0.3 is 24.8 Å². The molecule has 0 N–H and O–H groups in total. The van der Waals surface area contributed by atoms with Crippen molar-refractivity contribution in [3.8, 4) is 22.3 Å². The Balaban J connectivity index is 0.00000161. The molecule has 5 aromatic carbocycles. The van der Waals surface area contributed by atoms with Crippen LogP contribution in [0, 0.1) is 0 Å². The molecule has 0 bridgehead atoms. The molecule has 5 aromatic rings. The van der Waals surface area contributed by atoms with E-state index in [2.05, 4.69) is 147 Å². The summed E-state index contributed by atoms with van der Waals surface area (Å²) in [6.07, 6.45) is 2.54. The first-order chi connectivity index (χ1) is 18.7. The van der Waals surface area contributed by atoms with Gasteiger partial charge in [-0.15, -0.1) is 0 Å². The first-order valence-corrected chi connectivity index (χ1v) is 22.1. The van der Waals surface area contributed by atoms with E-state index >= 15 is 0 Å². The predicted molar refractivity (Wildman–Crippen MR) is 160 cm³/mol. The largest absolute Gasteiger partial charge is 1.00 e. The maximum atomic E-state index is 2.64. The van der Waals surface area contributed by atoms with Gasteiger partial charge in [-0.1, -0.05) is 0 Å². The zero-order valence-corrected chi connectivity index (χ0v) is 27.6. The summed E-state index contributed by atoms with van der Waals surface area (Å²) in [5.74, 6) is 0. The van der Waals surface area contributed by atoms with Crippen molar-refractivity contribution in [2.75, 3.05) is 0 Å². The molecule has 0 amide bonds. The normalized spacial score (nSPS) is 15.1. The summed E-state index contributed by atoms with van der Waals surface area (Å²) in [6, 6.07) is 48.1. The molecule has 1 unspecified atom stereocenters. The van der Waals surface area contributed by atoms with Gasteiger partial charge in [0, 0.05) is 0 Å². The van der Waals surface area contributed by atoms with E-state index in [0.717, 1.165) is 0 Å². The molecule has 2 aliphatic carbocycles. The van der Waals surface area contributed by atoms with Crippen molar-refractivity contribution in [3.05, 3.63) is 155 Å². The Morgan fingerprint density at radius 2 is 1.02 bits per heavy atom. The molecule has 0 heterocycles. The molecule has 0 radical (unpaired) electrons. The van der Waals surface area contributed by atoms with Crippen LogP contribution in [0.5, 0.6) is 0 Å². The second-order valence-corrected chi connectivity index (χ2v) is 26.4. The van der Waals surface area contributed by atoms with Crippen molar-refractivity contribution < 1.29 is 45.2 Å². The number of halogens is 2. The van der Waals surface area contributed by atoms with E-state index in [1.54, 1.807) is 27.5 Å². The fourth-order valence-corrected chi connectivity index (χ4v) is 29.4. The van der Waals surface area contributed by atoms with Gasteiger partial charge in [-0.2, -0.15) is 0 Å². The maximum Gasteiger partial charge on any atom is -1.00 e. The van der Waals surface area contributed by atoms with E-state index in [-0.39, 0.29) is 24.8 Å². The van der Waals surface area contributed by atoms with Gasteiger partial charge in [-0.3, -0.25) is 0 Å². The van der Waals surface area contributed by atoms with E-state index in [9.17, 15) is 0 Å². The first kappa shape index (κ1) is 29.0. The van der Waals surface area contributed by atoms with Gasteiger partial charge in [-0.05, 0) is 0 Å². The Hall–Kier alpha value is -2.48. The number of benzene rings is 5. The van der Waals surface area contributed by atoms with Crippen LogP contribution >= 0.6 is 0 Å². The third-order valence-electron chi connectivity index (χ3n) is 8.46. The Morgan fingerprint density at radius 3 is 1.65 bits per heavy atom. The Morgan fingerprint density at radius 1 is 0.525 bits per heavy atom. The maximum absolute atomic E-state index is 2.64. The summed E-state index contributed by atoms with van der Waals surface area (Å²) in [5.41, 5.74) is 12.7. The van der Waals surface area contributed by atoms with Crippen molar-refractivity contribution in [2.24, 2.45) is 0 Å². The molecular formula is C36H30Cl2SiZr. The van der Waals surface area contributed by atoms with Crippen LogP contribution in [-0.2, 0) is 20.4 Å². The summed E-state index contributed by atoms with van der Waals surface area (Å²) in [5, 5.41) is 1.61. The van der Waals surface area contributed by atoms with Crippen LogP contribution < -0.4 is 30.0 Å². The van der Waals surface area contributed by atoms with Gasteiger partial charge >= 0.3 is 235 Å². The van der Waals surface area contributed by atoms with Crippen LogP contribution in [0.3, 0.4) is 0 Å². The molecule has 196 valence electrons. The zero-order chi connectivity index (χ0) is 25.6. The molecule has 40 heavy (non-hydrogen) atoms. The number of allylic oxidation sites excluding steroid dienone is 1. The van der Waals surface area contributed by atoms with Crippen LogP contribution in [0.25, 0.3) is 28.3 Å². The average Bonchev–Trinajstić information content (AvgIpc) is 3.49. The number of hydrogen-bond donors (Lipinski definition) is 0. The standard InChI is InChI=1S/C16H13.C13H9.C7H8Si.2ClH.Zr/c1-12-10-14-8-5-9-15(16(14)11-12)13-6-3-2-4-7-13;1-3-7-12-10(5-1)9-11-6-2-4-8-13(11)12;1-8-7-5-3-2-4-6-7;;;/h2-11H,1H3;1-9H;2-6H,1H3;2*1H;/q;;;;;+2/p-2. The van der Waals surface area contributed by atoms with Crippen molar-refractivity contribution >= 4 is 16.7 Å². The van der Waals surface area contributed by atoms with Gasteiger partial charge in [-0.25, -0.2) is 0 Å². The van der Waals surface area contributed by atoms with E-state index in [4.69, 9.17) is 0 Å². The fraction of sp³-hybridized carbons (Fsp3) is 0.111. The molecule has 4 heteroatoms. The van der Waals surface area contributed by atoms with Crippen LogP contribution in [0.15, 0.2) is 133 Å². The van der Waals surface area contributed by atoms with Gasteiger partial charge in [0.1, 0.15) is 0 Å². The van der Waals surface area contributed by atoms with Crippen LogP contribution in [0.4, 0.5) is 0 Å². The van der Waals surface area contributed by atoms with Gasteiger partial charge in [0.25, 0.3) is 0 Å². The minimum atomic E-state index is -2.34. The van der Waals surface area contributed by atoms with Gasteiger partial charge in [0.2, 0.25) is 0 Å². The third-order valence-corrected chi connectivity index (χ3v) is 28.9. The van der Waals surface area contributed by atoms with E-state index in [1.807, 2.05) is 0 Å². The number of hydrogen-bond acceptors (Lipinski definition) is 0. The average molecular weight is 653 g/mol. The minimum absolute atomic E-state index is 0. The molecule has 2 aliphatic rings. The van der Waals surface area contributed by atoms with Crippen molar-refractivity contribution in [2.45, 2.75) is 20.7 Å². The summed E-state index contributed by atoms with van der Waals surface area (Å²) >= 11 is -2.34. The summed E-state index contributed by atoms with van der Waals surface area (Å²) in [7, 11) is 0. The molecule has 0 saturated heterocycles. The zero-order valence-electron chi connectivity index (χ0n) is 22.6. The van der Waals surface area contributed by atoms with Crippen molar-refractivity contribution in [3.63, 3.8) is 0 Å². The first-order valence-electron chi connectivity index (χ1n) is 13.5. The van der Waals surface area contributed by atoms with Gasteiger partial charge in [0.15, 0.2) is 0 Å². The molecule has 1 atom stereocenters. The second kappa shape index (κ2) is 12.2. The summed E-state index contributed by atoms with van der Waals surface area (Å²) in [6.45, 7) is 5.07. The minimum Gasteiger partial charge on any atom is -1.00 e. The molecule has 0 saturated carbocycles. The quantitative estimate of drug-likeness (QED) is 0.262. The predicted octanol–water partition coefficient (Wildman–Crippen LogP) is 2.74. The van der Waals surface area contributed by atoms with Crippen molar-refractivity contribution in [1.29, 1.82) is 0 Å². The van der Waals surface area contributed by atoms with E-state index in [1.165, 1.54) is 27.8 Å². The molecule has 0 aromatic heterocycles. The summed E-state index contributed by atoms with van der Waals surface area (Å²) < 4.78 is 1.16. The third kappa shape index (κ3) is 4.84. The molecule has 0 fully saturated rings. The number of rotatable bonds is 4. The Labute approximate surface area is 258 Å². The van der Waals surface area contributed by atoms with E-state index in [0.29, 0.717) is 7.25 Å². The Kier molecular flexibility index (Phi) is 8.83. The SMILES string of the molecule is CC1=Cc2c(-c3ccccc3)cccc2[CH]1/[Zr+2]([CH]1c2ccccc2-c2ccccc21)=[Si](\C)c1ccccc1.[Cl-].[Cl-]. The summed E-state index contributed by atoms with van der Waals surface area (Å²) in [4.78, 5) is 0. The van der Waals surface area contributed by atoms with Crippen LogP contribution in [0.1, 0.15) is 36.4 Å². The van der Waals surface area contributed by atoms with Crippen LogP contribution in [-0.4, -0.2) is 5.43 Å². The van der Waals surface area contributed by atoms with Crippen LogP contribution in [0.2, 0.25) is 6.55 Å². The Bertz CT molecular complexity index is 1700. The molecule has 0 aliphatic heterocycles.